The molecule has 0 unspecified atom stereocenters. The standard InChI is InChI=1S/C47H30N4/c1-4-15-31(16-5-1)40-23-14-26-45(48-40)51-42-25-13-11-22-35(42)38-29-39-37-28-27-36-34-21-10-12-24-41(34)49(32-17-6-2-7-18-32)46(36)47(37)50(43(39)30-44(38)51)33-19-8-3-9-20-33/h1-30H. The molecule has 4 aromatic heterocycles. The van der Waals surface area contributed by atoms with E-state index in [0.29, 0.717) is 0 Å². The van der Waals surface area contributed by atoms with E-state index in [0.717, 1.165) is 45.0 Å². The molecule has 0 saturated carbocycles. The molecule has 0 aliphatic rings. The van der Waals surface area contributed by atoms with Crippen LogP contribution in [0.25, 0.3) is 93.9 Å². The Bertz CT molecular complexity index is 3110. The van der Waals surface area contributed by atoms with E-state index in [9.17, 15) is 0 Å². The lowest BCUT2D eigenvalue weighted by atomic mass is 10.1. The van der Waals surface area contributed by atoms with Crippen molar-refractivity contribution in [2.75, 3.05) is 0 Å². The van der Waals surface area contributed by atoms with Gasteiger partial charge in [0.15, 0.2) is 0 Å². The number of para-hydroxylation sites is 4. The molecular weight excluding hydrogens is 621 g/mol. The van der Waals surface area contributed by atoms with Gasteiger partial charge in [-0.15, -0.1) is 0 Å². The zero-order chi connectivity index (χ0) is 33.5. The van der Waals surface area contributed by atoms with Gasteiger partial charge < -0.3 is 9.13 Å². The van der Waals surface area contributed by atoms with Crippen molar-refractivity contribution in [1.82, 2.24) is 18.7 Å². The molecule has 0 aliphatic heterocycles. The zero-order valence-corrected chi connectivity index (χ0v) is 27.6. The minimum atomic E-state index is 0.899. The molecule has 0 saturated heterocycles. The fourth-order valence-electron chi connectivity index (χ4n) is 8.26. The van der Waals surface area contributed by atoms with Gasteiger partial charge in [0, 0.05) is 49.3 Å². The molecule has 0 N–H and O–H groups in total. The fraction of sp³-hybridized carbons (Fsp3) is 0. The molecule has 0 atom stereocenters. The minimum absolute atomic E-state index is 0.899. The summed E-state index contributed by atoms with van der Waals surface area (Å²) in [4.78, 5) is 5.25. The van der Waals surface area contributed by atoms with Gasteiger partial charge in [-0.25, -0.2) is 4.98 Å². The number of aromatic nitrogens is 4. The second-order valence-electron chi connectivity index (χ2n) is 13.2. The predicted octanol–water partition coefficient (Wildman–Crippen LogP) is 12.0. The van der Waals surface area contributed by atoms with Crippen molar-refractivity contribution < 1.29 is 0 Å². The number of pyridine rings is 1. The number of fused-ring (bicyclic) bond motifs is 10. The normalized spacial score (nSPS) is 11.9. The lowest BCUT2D eigenvalue weighted by molar-refractivity contribution is 1.08. The summed E-state index contributed by atoms with van der Waals surface area (Å²) in [6.07, 6.45) is 0. The van der Waals surface area contributed by atoms with Crippen molar-refractivity contribution in [3.05, 3.63) is 182 Å². The van der Waals surface area contributed by atoms with Crippen molar-refractivity contribution in [2.24, 2.45) is 0 Å². The number of hydrogen-bond acceptors (Lipinski definition) is 1. The van der Waals surface area contributed by atoms with E-state index < -0.39 is 0 Å². The molecule has 4 nitrogen and oxygen atoms in total. The summed E-state index contributed by atoms with van der Waals surface area (Å²) in [5, 5.41) is 7.35. The molecule has 0 spiro atoms. The van der Waals surface area contributed by atoms with Gasteiger partial charge in [-0.05, 0) is 60.7 Å². The summed E-state index contributed by atoms with van der Waals surface area (Å²) in [6, 6.07) is 65.2. The van der Waals surface area contributed by atoms with E-state index in [1.165, 1.54) is 48.9 Å². The first-order valence-electron chi connectivity index (χ1n) is 17.4. The van der Waals surface area contributed by atoms with Gasteiger partial charge in [-0.2, -0.15) is 0 Å². The number of rotatable bonds is 4. The molecule has 4 heteroatoms. The summed E-state index contributed by atoms with van der Waals surface area (Å²) >= 11 is 0. The van der Waals surface area contributed by atoms with Crippen LogP contribution in [0.2, 0.25) is 0 Å². The maximum absolute atomic E-state index is 5.25. The number of hydrogen-bond donors (Lipinski definition) is 0. The van der Waals surface area contributed by atoms with Crippen LogP contribution >= 0.6 is 0 Å². The van der Waals surface area contributed by atoms with Gasteiger partial charge >= 0.3 is 0 Å². The van der Waals surface area contributed by atoms with Crippen molar-refractivity contribution in [3.63, 3.8) is 0 Å². The van der Waals surface area contributed by atoms with Crippen molar-refractivity contribution in [2.45, 2.75) is 0 Å². The minimum Gasteiger partial charge on any atom is -0.307 e. The molecule has 0 bridgehead atoms. The van der Waals surface area contributed by atoms with Crippen molar-refractivity contribution in [3.8, 4) is 28.5 Å². The third-order valence-corrected chi connectivity index (χ3v) is 10.4. The third-order valence-electron chi connectivity index (χ3n) is 10.4. The van der Waals surface area contributed by atoms with Crippen molar-refractivity contribution in [1.29, 1.82) is 0 Å². The maximum Gasteiger partial charge on any atom is 0.138 e. The van der Waals surface area contributed by atoms with Gasteiger partial charge in [0.05, 0.1) is 38.8 Å². The molecule has 11 aromatic rings. The van der Waals surface area contributed by atoms with Crippen LogP contribution in [0, 0.1) is 0 Å². The number of nitrogens with zero attached hydrogens (tertiary/aromatic N) is 4. The van der Waals surface area contributed by atoms with Gasteiger partial charge in [0.2, 0.25) is 0 Å². The fourth-order valence-corrected chi connectivity index (χ4v) is 8.26. The molecule has 0 fully saturated rings. The average Bonchev–Trinajstić information content (AvgIpc) is 3.83. The maximum atomic E-state index is 5.25. The Morgan fingerprint density at radius 1 is 0.314 bits per heavy atom. The van der Waals surface area contributed by atoms with Crippen LogP contribution < -0.4 is 0 Å². The second-order valence-corrected chi connectivity index (χ2v) is 13.2. The van der Waals surface area contributed by atoms with Crippen LogP contribution in [0.5, 0.6) is 0 Å². The summed E-state index contributed by atoms with van der Waals surface area (Å²) in [5.41, 5.74) is 11.3. The topological polar surface area (TPSA) is 27.7 Å². The van der Waals surface area contributed by atoms with Gasteiger partial charge in [-0.3, -0.25) is 4.57 Å². The number of benzene rings is 7. The van der Waals surface area contributed by atoms with Crippen LogP contribution in [0.4, 0.5) is 0 Å². The summed E-state index contributed by atoms with van der Waals surface area (Å²) in [5.74, 6) is 0.899. The summed E-state index contributed by atoms with van der Waals surface area (Å²) < 4.78 is 7.25. The molecule has 11 rings (SSSR count). The molecule has 51 heavy (non-hydrogen) atoms. The van der Waals surface area contributed by atoms with E-state index >= 15 is 0 Å². The highest BCUT2D eigenvalue weighted by Gasteiger charge is 2.23. The first-order chi connectivity index (χ1) is 25.3. The highest BCUT2D eigenvalue weighted by Crippen LogP contribution is 2.44. The molecule has 7 aromatic carbocycles. The molecule has 0 aliphatic carbocycles. The van der Waals surface area contributed by atoms with Crippen molar-refractivity contribution >= 4 is 65.4 Å². The van der Waals surface area contributed by atoms with E-state index in [1.807, 2.05) is 6.07 Å². The highest BCUT2D eigenvalue weighted by atomic mass is 15.1. The van der Waals surface area contributed by atoms with Gasteiger partial charge in [-0.1, -0.05) is 121 Å². The average molecular weight is 651 g/mol. The molecule has 0 radical (unpaired) electrons. The van der Waals surface area contributed by atoms with Gasteiger partial charge in [0.25, 0.3) is 0 Å². The predicted molar refractivity (Wildman–Crippen MR) is 213 cm³/mol. The zero-order valence-electron chi connectivity index (χ0n) is 27.6. The van der Waals surface area contributed by atoms with Gasteiger partial charge in [0.1, 0.15) is 5.82 Å². The highest BCUT2D eigenvalue weighted by molar-refractivity contribution is 6.26. The van der Waals surface area contributed by atoms with Crippen LogP contribution in [0.1, 0.15) is 0 Å². The Morgan fingerprint density at radius 2 is 0.804 bits per heavy atom. The summed E-state index contributed by atoms with van der Waals surface area (Å²) in [6.45, 7) is 0. The smallest absolute Gasteiger partial charge is 0.138 e. The SMILES string of the molecule is c1ccc(-c2cccc(-n3c4ccccc4c4cc5c6ccc7c8ccccc8n(-c8ccccc8)c7c6n(-c6ccccc6)c5cc43)n2)cc1. The van der Waals surface area contributed by atoms with E-state index in [2.05, 4.69) is 190 Å². The first kappa shape index (κ1) is 28.0. The van der Waals surface area contributed by atoms with Crippen LogP contribution in [0.3, 0.4) is 0 Å². The Hall–Kier alpha value is -6.91. The second kappa shape index (κ2) is 10.8. The summed E-state index contributed by atoms with van der Waals surface area (Å²) in [7, 11) is 0. The molecular formula is C47H30N4. The largest absolute Gasteiger partial charge is 0.307 e. The first-order valence-corrected chi connectivity index (χ1v) is 17.4. The Labute approximate surface area is 293 Å². The Balaban J connectivity index is 1.32. The molecule has 4 heterocycles. The Kier molecular flexibility index (Phi) is 5.92. The molecule has 238 valence electrons. The lowest BCUT2D eigenvalue weighted by Gasteiger charge is -2.13. The van der Waals surface area contributed by atoms with Crippen LogP contribution in [-0.2, 0) is 0 Å². The van der Waals surface area contributed by atoms with E-state index in [-0.39, 0.29) is 0 Å². The third kappa shape index (κ3) is 4.05. The lowest BCUT2D eigenvalue weighted by Crippen LogP contribution is -2.00. The van der Waals surface area contributed by atoms with E-state index in [1.54, 1.807) is 0 Å². The van der Waals surface area contributed by atoms with Crippen LogP contribution in [-0.4, -0.2) is 18.7 Å². The quantitative estimate of drug-likeness (QED) is 0.186. The Morgan fingerprint density at radius 3 is 1.47 bits per heavy atom. The monoisotopic (exact) mass is 650 g/mol. The van der Waals surface area contributed by atoms with E-state index in [4.69, 9.17) is 4.98 Å². The molecule has 0 amide bonds. The van der Waals surface area contributed by atoms with Crippen LogP contribution in [0.15, 0.2) is 182 Å².